The van der Waals surface area contributed by atoms with Crippen molar-refractivity contribution in [3.63, 3.8) is 0 Å². The SMILES string of the molecule is O=S(=O)([O-])[O-].O=S(=O)([O-])[O-].O=S(=O)([O-])[O-].O=S(=O)([O-])[O-].O=S(=O)([O-])[O-].O=S(=O)([O-])[O-].O=S(=O)([O-])[O-].[Fe+3].[Fe+3].[Ti+4].[Ti+4]. The van der Waals surface area contributed by atoms with Gasteiger partial charge in [-0.3, -0.25) is 58.9 Å². The third kappa shape index (κ3) is 23000. The minimum atomic E-state index is -5.17. The zero-order chi connectivity index (χ0) is 31.5. The van der Waals surface area contributed by atoms with E-state index in [2.05, 4.69) is 0 Å². The Morgan fingerprint density at radius 2 is 0.205 bits per heavy atom. The quantitative estimate of drug-likeness (QED) is 0.124. The van der Waals surface area contributed by atoms with Gasteiger partial charge in [-0.15, -0.1) is 0 Å². The van der Waals surface area contributed by atoms with Gasteiger partial charge in [0.05, 0.1) is 0 Å². The summed E-state index contributed by atoms with van der Waals surface area (Å²) in [6.45, 7) is 0. The van der Waals surface area contributed by atoms with Crippen molar-refractivity contribution in [1.82, 2.24) is 0 Å². The Bertz CT molecular complexity index is 925. The largest absolute Gasteiger partial charge is 4.00 e. The standard InChI is InChI=1S/2Fe.7H2O4S.2Ti/c;;7*1-5(2,3)4;;/h;;7*(H2,1,2,3,4);;/q2*+3;;;;;;;;2*+4/p-14. The summed E-state index contributed by atoms with van der Waals surface area (Å²) < 4.78 is 239. The van der Waals surface area contributed by atoms with E-state index in [1.807, 2.05) is 0 Å². The third-order valence-electron chi connectivity index (χ3n) is 0. The van der Waals surface area contributed by atoms with E-state index in [-0.39, 0.29) is 77.6 Å². The van der Waals surface area contributed by atoms with Gasteiger partial charge >= 0.3 is 77.6 Å². The Labute approximate surface area is 270 Å². The van der Waals surface area contributed by atoms with Crippen molar-refractivity contribution in [2.45, 2.75) is 0 Å². The van der Waals surface area contributed by atoms with Crippen molar-refractivity contribution in [1.29, 1.82) is 0 Å². The monoisotopic (exact) mass is 879 g/mol. The molecule has 0 saturated heterocycles. The van der Waals surface area contributed by atoms with Gasteiger partial charge in [-0.1, -0.05) is 0 Å². The van der Waals surface area contributed by atoms with Gasteiger partial charge in [0, 0.05) is 72.8 Å². The molecule has 28 nitrogen and oxygen atoms in total. The number of hydrogen-bond donors (Lipinski definition) is 0. The van der Waals surface area contributed by atoms with Gasteiger partial charge in [-0.05, 0) is 0 Å². The topological polar surface area (TPSA) is 562 Å². The summed E-state index contributed by atoms with van der Waals surface area (Å²) in [5.74, 6) is 0. The van der Waals surface area contributed by atoms with Gasteiger partial charge in [0.1, 0.15) is 0 Å². The second-order valence-corrected chi connectivity index (χ2v) is 8.57. The zero-order valence-electron chi connectivity index (χ0n) is 16.0. The van der Waals surface area contributed by atoms with Crippen LogP contribution < -0.4 is 0 Å². The molecule has 0 spiro atoms. The van der Waals surface area contributed by atoms with Crippen LogP contribution in [0.5, 0.6) is 0 Å². The van der Waals surface area contributed by atoms with Crippen molar-refractivity contribution in [3.05, 3.63) is 0 Å². The van der Waals surface area contributed by atoms with Crippen LogP contribution in [-0.4, -0.2) is 123 Å². The van der Waals surface area contributed by atoms with E-state index < -0.39 is 72.8 Å². The van der Waals surface area contributed by atoms with Gasteiger partial charge in [0.2, 0.25) is 0 Å². The molecule has 0 aromatic heterocycles. The zero-order valence-corrected chi connectivity index (χ0v) is 27.0. The third-order valence-corrected chi connectivity index (χ3v) is 0. The van der Waals surface area contributed by atoms with E-state index in [9.17, 15) is 0 Å². The Balaban J connectivity index is -0.0000000256. The van der Waals surface area contributed by atoms with Crippen LogP contribution in [0.2, 0.25) is 0 Å². The minimum absolute atomic E-state index is 0. The van der Waals surface area contributed by atoms with Crippen molar-refractivity contribution in [2.24, 2.45) is 0 Å². The first-order chi connectivity index (χ1) is 14.0. The summed E-state index contributed by atoms with van der Waals surface area (Å²) >= 11 is 0. The molecule has 0 heterocycles. The molecule has 0 amide bonds. The van der Waals surface area contributed by atoms with Crippen molar-refractivity contribution in [2.75, 3.05) is 0 Å². The molecular weight excluding hydrogens is 880 g/mol. The fraction of sp³-hybridized carbons (Fsp3) is 0. The number of rotatable bonds is 0. The Morgan fingerprint density at radius 1 is 0.205 bits per heavy atom. The van der Waals surface area contributed by atoms with E-state index in [0.717, 1.165) is 0 Å². The van der Waals surface area contributed by atoms with Crippen LogP contribution in [0.15, 0.2) is 0 Å². The Morgan fingerprint density at radius 3 is 0.205 bits per heavy atom. The smallest absolute Gasteiger partial charge is 0.759 e. The van der Waals surface area contributed by atoms with Crippen molar-refractivity contribution in [3.8, 4) is 0 Å². The van der Waals surface area contributed by atoms with Gasteiger partial charge in [-0.2, -0.15) is 0 Å². The van der Waals surface area contributed by atoms with Gasteiger partial charge < -0.3 is 63.7 Å². The second-order valence-electron chi connectivity index (χ2n) is 2.86. The van der Waals surface area contributed by atoms with E-state index in [1.165, 1.54) is 0 Å². The minimum Gasteiger partial charge on any atom is -0.759 e. The van der Waals surface area contributed by atoms with Crippen LogP contribution in [0, 0.1) is 0 Å². The van der Waals surface area contributed by atoms with E-state index in [1.54, 1.807) is 0 Å². The molecule has 0 aliphatic heterocycles. The summed E-state index contributed by atoms with van der Waals surface area (Å²) in [5.41, 5.74) is 0. The summed E-state index contributed by atoms with van der Waals surface area (Å²) in [6, 6.07) is 0. The molecule has 0 N–H and O–H groups in total. The maximum atomic E-state index is 8.52. The molecule has 0 saturated carbocycles. The molecule has 39 heteroatoms. The first-order valence-electron chi connectivity index (χ1n) is 4.67. The van der Waals surface area contributed by atoms with Crippen LogP contribution >= 0.6 is 0 Å². The first kappa shape index (κ1) is 72.6. The maximum absolute atomic E-state index is 8.52. The van der Waals surface area contributed by atoms with Crippen LogP contribution in [0.25, 0.3) is 0 Å². The molecule has 0 unspecified atom stereocenters. The molecule has 2 radical (unpaired) electrons. The predicted molar refractivity (Wildman–Crippen MR) is 73.3 cm³/mol. The molecule has 234 valence electrons. The van der Waals surface area contributed by atoms with Crippen molar-refractivity contribution >= 4 is 72.8 Å². The molecule has 0 aromatic carbocycles. The molecule has 0 atom stereocenters. The normalized spacial score (nSPS) is 10.4. The molecule has 39 heavy (non-hydrogen) atoms. The summed E-state index contributed by atoms with van der Waals surface area (Å²) in [4.78, 5) is 0. The van der Waals surface area contributed by atoms with Gasteiger partial charge in [0.15, 0.2) is 0 Å². The summed E-state index contributed by atoms with van der Waals surface area (Å²) in [7, 11) is -36.2. The van der Waals surface area contributed by atoms with Crippen molar-refractivity contribution < 1.29 is 200 Å². The Hall–Kier alpha value is 1.56. The number of hydrogen-bond acceptors (Lipinski definition) is 28. The average molecular weight is 880 g/mol. The molecule has 0 aromatic rings. The fourth-order valence-electron chi connectivity index (χ4n) is 0. The van der Waals surface area contributed by atoms with E-state index >= 15 is 0 Å². The van der Waals surface area contributed by atoms with Crippen LogP contribution in [0.1, 0.15) is 0 Å². The van der Waals surface area contributed by atoms with E-state index in [4.69, 9.17) is 123 Å². The predicted octanol–water partition coefficient (Wildman–Crippen LogP) is -9.38. The molecule has 0 rings (SSSR count). The summed E-state index contributed by atoms with van der Waals surface area (Å²) in [6.07, 6.45) is 0. The maximum Gasteiger partial charge on any atom is 4.00 e. The molecule has 0 aliphatic carbocycles. The average Bonchev–Trinajstić information content (AvgIpc) is 2.06. The van der Waals surface area contributed by atoms with Gasteiger partial charge in [0.25, 0.3) is 0 Å². The van der Waals surface area contributed by atoms with E-state index in [0.29, 0.717) is 0 Å². The van der Waals surface area contributed by atoms with Crippen LogP contribution in [-0.2, 0) is 150 Å². The second kappa shape index (κ2) is 31.0. The summed E-state index contributed by atoms with van der Waals surface area (Å²) in [5, 5.41) is 0. The molecule has 0 fully saturated rings. The molecular formula is Fe2O28S7Ti2. The Kier molecular flexibility index (Phi) is 57.7. The fourth-order valence-corrected chi connectivity index (χ4v) is 0. The van der Waals surface area contributed by atoms with Crippen LogP contribution in [0.4, 0.5) is 0 Å². The van der Waals surface area contributed by atoms with Crippen LogP contribution in [0.3, 0.4) is 0 Å². The molecule has 0 aliphatic rings. The first-order valence-corrected chi connectivity index (χ1v) is 14.0. The van der Waals surface area contributed by atoms with Gasteiger partial charge in [-0.25, -0.2) is 0 Å². The molecule has 0 bridgehead atoms.